The summed E-state index contributed by atoms with van der Waals surface area (Å²) in [6, 6.07) is 2.14. The smallest absolute Gasteiger partial charge is 0.339 e. The number of hydrogen-bond acceptors (Lipinski definition) is 6. The highest BCUT2D eigenvalue weighted by molar-refractivity contribution is 6.14. The molecule has 0 atom stereocenters. The first kappa shape index (κ1) is 35.1. The monoisotopic (exact) mass is 562 g/mol. The summed E-state index contributed by atoms with van der Waals surface area (Å²) in [5.74, 6) is -5.04. The summed E-state index contributed by atoms with van der Waals surface area (Å²) < 4.78 is 10.6. The fraction of sp³-hybridized carbons (Fsp3) is 0.688. The average Bonchev–Trinajstić information content (AvgIpc) is 2.93. The summed E-state index contributed by atoms with van der Waals surface area (Å²) >= 11 is 0. The van der Waals surface area contributed by atoms with E-state index < -0.39 is 40.6 Å². The topological polar surface area (TPSA) is 127 Å². The number of carbonyl (C=O) groups excluding carboxylic acids is 2. The van der Waals surface area contributed by atoms with Crippen LogP contribution in [-0.4, -0.2) is 47.3 Å². The molecule has 0 fully saturated rings. The zero-order valence-corrected chi connectivity index (χ0v) is 24.6. The zero-order chi connectivity index (χ0) is 29.6. The molecule has 0 aliphatic carbocycles. The number of ether oxygens (including phenoxy) is 2. The number of benzene rings is 1. The molecule has 0 heterocycles. The molecule has 0 saturated heterocycles. The van der Waals surface area contributed by atoms with Gasteiger partial charge in [0.25, 0.3) is 0 Å². The number of esters is 2. The second-order valence-corrected chi connectivity index (χ2v) is 10.4. The molecule has 0 saturated carbocycles. The van der Waals surface area contributed by atoms with Crippen molar-refractivity contribution in [3.8, 4) is 0 Å². The molecule has 0 aliphatic heterocycles. The Morgan fingerprint density at radius 2 is 0.875 bits per heavy atom. The van der Waals surface area contributed by atoms with E-state index in [9.17, 15) is 29.4 Å². The van der Waals surface area contributed by atoms with Crippen LogP contribution in [0.4, 0.5) is 0 Å². The molecule has 0 aliphatic rings. The van der Waals surface area contributed by atoms with Gasteiger partial charge in [-0.2, -0.15) is 0 Å². The summed E-state index contributed by atoms with van der Waals surface area (Å²) in [6.45, 7) is 4.56. The second-order valence-electron chi connectivity index (χ2n) is 10.4. The van der Waals surface area contributed by atoms with Gasteiger partial charge in [-0.25, -0.2) is 19.2 Å². The zero-order valence-electron chi connectivity index (χ0n) is 24.6. The van der Waals surface area contributed by atoms with Gasteiger partial charge in [-0.3, -0.25) is 0 Å². The van der Waals surface area contributed by atoms with Crippen molar-refractivity contribution in [1.29, 1.82) is 0 Å². The fourth-order valence-electron chi connectivity index (χ4n) is 4.69. The third kappa shape index (κ3) is 13.9. The van der Waals surface area contributed by atoms with Gasteiger partial charge in [0.15, 0.2) is 0 Å². The maximum Gasteiger partial charge on any atom is 0.339 e. The van der Waals surface area contributed by atoms with E-state index in [1.165, 1.54) is 64.2 Å². The van der Waals surface area contributed by atoms with E-state index in [1.807, 2.05) is 0 Å². The standard InChI is InChI=1S/C32H50O8/c1-3-5-7-9-11-13-15-17-19-23-39-31(37)26-22-21-25(29(33)34)27(30(35)36)28(26)32(38)40-24-20-18-16-14-12-10-8-6-4-2/h21-22H,3-20,23-24H2,1-2H3,(H,33,34)(H,35,36). The SMILES string of the molecule is CCCCCCCCCCCOC(=O)c1ccc(C(=O)O)c(C(=O)O)c1C(=O)OCCCCCCCCCCC. The lowest BCUT2D eigenvalue weighted by Crippen LogP contribution is -2.22. The van der Waals surface area contributed by atoms with Crippen molar-refractivity contribution < 1.29 is 38.9 Å². The van der Waals surface area contributed by atoms with Gasteiger partial charge in [0.2, 0.25) is 0 Å². The molecule has 40 heavy (non-hydrogen) atoms. The van der Waals surface area contributed by atoms with E-state index in [0.29, 0.717) is 12.8 Å². The van der Waals surface area contributed by atoms with Crippen molar-refractivity contribution in [2.24, 2.45) is 0 Å². The molecular formula is C32H50O8. The summed E-state index contributed by atoms with van der Waals surface area (Å²) in [4.78, 5) is 49.4. The van der Waals surface area contributed by atoms with Crippen LogP contribution in [0.25, 0.3) is 0 Å². The van der Waals surface area contributed by atoms with E-state index in [-0.39, 0.29) is 18.8 Å². The number of carboxylic acids is 2. The van der Waals surface area contributed by atoms with Gasteiger partial charge >= 0.3 is 23.9 Å². The molecule has 1 aromatic carbocycles. The Morgan fingerprint density at radius 3 is 1.27 bits per heavy atom. The Balaban J connectivity index is 2.69. The van der Waals surface area contributed by atoms with E-state index in [1.54, 1.807) is 0 Å². The molecule has 2 N–H and O–H groups in total. The normalized spacial score (nSPS) is 10.8. The van der Waals surface area contributed by atoms with Crippen LogP contribution in [0, 0.1) is 0 Å². The molecule has 0 unspecified atom stereocenters. The highest BCUT2D eigenvalue weighted by atomic mass is 16.5. The predicted octanol–water partition coefficient (Wildman–Crippen LogP) is 8.46. The summed E-state index contributed by atoms with van der Waals surface area (Å²) in [6.07, 6.45) is 19.6. The Morgan fingerprint density at radius 1 is 0.500 bits per heavy atom. The van der Waals surface area contributed by atoms with Crippen LogP contribution in [0.2, 0.25) is 0 Å². The summed E-state index contributed by atoms with van der Waals surface area (Å²) in [5.41, 5.74) is -2.21. The van der Waals surface area contributed by atoms with Gasteiger partial charge in [-0.1, -0.05) is 117 Å². The van der Waals surface area contributed by atoms with Gasteiger partial charge in [0.1, 0.15) is 0 Å². The number of unbranched alkanes of at least 4 members (excludes halogenated alkanes) is 16. The summed E-state index contributed by atoms with van der Waals surface area (Å²) in [5, 5.41) is 19.2. The van der Waals surface area contributed by atoms with Crippen molar-refractivity contribution in [2.45, 2.75) is 129 Å². The quantitative estimate of drug-likeness (QED) is 0.0948. The predicted molar refractivity (Wildman–Crippen MR) is 155 cm³/mol. The Kier molecular flexibility index (Phi) is 19.2. The van der Waals surface area contributed by atoms with Crippen molar-refractivity contribution in [3.05, 3.63) is 34.4 Å². The lowest BCUT2D eigenvalue weighted by molar-refractivity contribution is 0.0444. The van der Waals surface area contributed by atoms with Crippen molar-refractivity contribution in [3.63, 3.8) is 0 Å². The largest absolute Gasteiger partial charge is 0.478 e. The van der Waals surface area contributed by atoms with Crippen LogP contribution in [0.3, 0.4) is 0 Å². The molecule has 226 valence electrons. The van der Waals surface area contributed by atoms with Gasteiger partial charge in [0.05, 0.1) is 35.5 Å². The highest BCUT2D eigenvalue weighted by Gasteiger charge is 2.31. The van der Waals surface area contributed by atoms with Crippen LogP contribution < -0.4 is 0 Å². The molecule has 8 heteroatoms. The number of rotatable bonds is 24. The van der Waals surface area contributed by atoms with Crippen LogP contribution in [0.15, 0.2) is 12.1 Å². The van der Waals surface area contributed by atoms with Gasteiger partial charge in [-0.15, -0.1) is 0 Å². The minimum Gasteiger partial charge on any atom is -0.478 e. The van der Waals surface area contributed by atoms with Crippen molar-refractivity contribution >= 4 is 23.9 Å². The Bertz CT molecular complexity index is 908. The van der Waals surface area contributed by atoms with Crippen LogP contribution >= 0.6 is 0 Å². The first-order chi connectivity index (χ1) is 19.3. The van der Waals surface area contributed by atoms with E-state index in [2.05, 4.69) is 13.8 Å². The van der Waals surface area contributed by atoms with Gasteiger partial charge < -0.3 is 19.7 Å². The van der Waals surface area contributed by atoms with Crippen molar-refractivity contribution in [2.75, 3.05) is 13.2 Å². The Hall–Kier alpha value is -2.90. The molecule has 8 nitrogen and oxygen atoms in total. The third-order valence-corrected chi connectivity index (χ3v) is 7.04. The molecule has 0 aromatic heterocycles. The second kappa shape index (κ2) is 21.9. The number of aromatic carboxylic acids is 2. The van der Waals surface area contributed by atoms with Gasteiger partial charge in [-0.05, 0) is 25.0 Å². The molecule has 0 spiro atoms. The number of hydrogen-bond donors (Lipinski definition) is 2. The molecule has 0 bridgehead atoms. The minimum absolute atomic E-state index is 0.0535. The first-order valence-electron chi connectivity index (χ1n) is 15.3. The average molecular weight is 563 g/mol. The lowest BCUT2D eigenvalue weighted by atomic mass is 9.95. The summed E-state index contributed by atoms with van der Waals surface area (Å²) in [7, 11) is 0. The maximum absolute atomic E-state index is 13.0. The van der Waals surface area contributed by atoms with Crippen LogP contribution in [-0.2, 0) is 9.47 Å². The van der Waals surface area contributed by atoms with Crippen molar-refractivity contribution in [1.82, 2.24) is 0 Å². The first-order valence-corrected chi connectivity index (χ1v) is 15.3. The maximum atomic E-state index is 13.0. The number of carbonyl (C=O) groups is 4. The van der Waals surface area contributed by atoms with E-state index in [4.69, 9.17) is 9.47 Å². The van der Waals surface area contributed by atoms with Crippen LogP contribution in [0.1, 0.15) is 171 Å². The molecule has 1 rings (SSSR count). The van der Waals surface area contributed by atoms with E-state index >= 15 is 0 Å². The van der Waals surface area contributed by atoms with Crippen LogP contribution in [0.5, 0.6) is 0 Å². The molecule has 0 radical (unpaired) electrons. The Labute approximate surface area is 239 Å². The highest BCUT2D eigenvalue weighted by Crippen LogP contribution is 2.23. The fourth-order valence-corrected chi connectivity index (χ4v) is 4.69. The third-order valence-electron chi connectivity index (χ3n) is 7.04. The molecular weight excluding hydrogens is 512 g/mol. The van der Waals surface area contributed by atoms with E-state index in [0.717, 1.165) is 50.7 Å². The van der Waals surface area contributed by atoms with Gasteiger partial charge in [0, 0.05) is 0 Å². The minimum atomic E-state index is -1.62. The lowest BCUT2D eigenvalue weighted by Gasteiger charge is -2.14. The number of carboxylic acid groups (broad SMARTS) is 2. The molecule has 0 amide bonds. The molecule has 1 aromatic rings.